The number of nitrogens with one attached hydrogen (secondary N) is 1. The molecule has 0 radical (unpaired) electrons. The van der Waals surface area contributed by atoms with Crippen molar-refractivity contribution in [2.24, 2.45) is 5.10 Å². The van der Waals surface area contributed by atoms with Crippen LogP contribution in [0.5, 0.6) is 5.75 Å². The normalized spacial score (nSPS) is 10.4. The molecule has 0 aliphatic heterocycles. The maximum absolute atomic E-state index is 12.0. The first kappa shape index (κ1) is 19.6. The number of para-hydroxylation sites is 1. The van der Waals surface area contributed by atoms with E-state index in [9.17, 15) is 4.79 Å². The van der Waals surface area contributed by atoms with Gasteiger partial charge < -0.3 is 4.74 Å². The van der Waals surface area contributed by atoms with E-state index in [-0.39, 0.29) is 12.5 Å². The van der Waals surface area contributed by atoms with Gasteiger partial charge in [0.1, 0.15) is 5.75 Å². The van der Waals surface area contributed by atoms with Crippen molar-refractivity contribution >= 4 is 23.2 Å². The van der Waals surface area contributed by atoms with E-state index in [0.717, 1.165) is 28.2 Å². The minimum atomic E-state index is -0.337. The van der Waals surface area contributed by atoms with E-state index in [1.54, 1.807) is 24.7 Å². The van der Waals surface area contributed by atoms with Gasteiger partial charge in [-0.3, -0.25) is 4.79 Å². The lowest BCUT2D eigenvalue weighted by atomic mass is 10.1. The van der Waals surface area contributed by atoms with Crippen LogP contribution in [0.25, 0.3) is 16.9 Å². The summed E-state index contributed by atoms with van der Waals surface area (Å²) in [7, 11) is 0. The molecule has 0 aliphatic carbocycles. The number of aryl methyl sites for hydroxylation is 1. The first-order valence-electron chi connectivity index (χ1n) is 8.78. The Hall–Kier alpha value is -3.12. The van der Waals surface area contributed by atoms with Gasteiger partial charge in [-0.05, 0) is 56.7 Å². The van der Waals surface area contributed by atoms with E-state index in [2.05, 4.69) is 15.6 Å². The monoisotopic (exact) mass is 396 g/mol. The average Bonchev–Trinajstić information content (AvgIpc) is 3.17. The largest absolute Gasteiger partial charge is 0.483 e. The first-order chi connectivity index (χ1) is 13.5. The molecule has 0 bridgehead atoms. The van der Waals surface area contributed by atoms with Gasteiger partial charge >= 0.3 is 0 Å². The molecule has 0 fully saturated rings. The summed E-state index contributed by atoms with van der Waals surface area (Å²) in [6, 6.07) is 15.3. The molecule has 3 aromatic rings. The molecule has 0 aliphatic rings. The number of hydrogen-bond acceptors (Lipinski definition) is 4. The lowest BCUT2D eigenvalue weighted by Gasteiger charge is -2.15. The van der Waals surface area contributed by atoms with Crippen LogP contribution in [0, 0.1) is 6.92 Å². The topological polar surface area (TPSA) is 68.5 Å². The van der Waals surface area contributed by atoms with Crippen LogP contribution in [-0.2, 0) is 4.79 Å². The maximum Gasteiger partial charge on any atom is 0.277 e. The van der Waals surface area contributed by atoms with Gasteiger partial charge in [0.2, 0.25) is 0 Å². The van der Waals surface area contributed by atoms with Crippen molar-refractivity contribution < 1.29 is 9.53 Å². The number of aromatic nitrogens is 2. The van der Waals surface area contributed by atoms with Crippen LogP contribution in [0.1, 0.15) is 19.4 Å². The summed E-state index contributed by atoms with van der Waals surface area (Å²) in [5.74, 6) is 0.211. The van der Waals surface area contributed by atoms with E-state index in [0.29, 0.717) is 10.8 Å². The molecule has 28 heavy (non-hydrogen) atoms. The van der Waals surface area contributed by atoms with E-state index < -0.39 is 0 Å². The summed E-state index contributed by atoms with van der Waals surface area (Å²) in [5, 5.41) is 8.93. The Morgan fingerprint density at radius 1 is 1.21 bits per heavy atom. The molecule has 144 valence electrons. The zero-order valence-electron chi connectivity index (χ0n) is 15.9. The number of hydrogen-bond donors (Lipinski definition) is 1. The Bertz CT molecular complexity index is 1010. The molecule has 0 spiro atoms. The third-order valence-corrected chi connectivity index (χ3v) is 4.35. The minimum absolute atomic E-state index is 0.162. The van der Waals surface area contributed by atoms with Gasteiger partial charge in [-0.1, -0.05) is 29.8 Å². The van der Waals surface area contributed by atoms with Crippen molar-refractivity contribution in [2.75, 3.05) is 6.61 Å². The van der Waals surface area contributed by atoms with Gasteiger partial charge in [-0.25, -0.2) is 10.1 Å². The number of nitrogens with zero attached hydrogens (tertiary/aromatic N) is 3. The zero-order valence-corrected chi connectivity index (χ0v) is 16.7. The molecule has 1 heterocycles. The van der Waals surface area contributed by atoms with Crippen LogP contribution in [-0.4, -0.2) is 28.0 Å². The van der Waals surface area contributed by atoms with E-state index in [1.807, 2.05) is 55.5 Å². The molecule has 7 heteroatoms. The number of benzene rings is 2. The standard InChI is InChI=1S/C21H21ClN4O2/c1-14(2)24-25-21(27)13-28-20-11-15(3)18(22)12-17(20)19-9-10-23-26(19)16-7-5-4-6-8-16/h4-12H,13H2,1-3H3,(H,25,27). The number of ether oxygens (including phenoxy) is 1. The molecule has 3 rings (SSSR count). The highest BCUT2D eigenvalue weighted by Gasteiger charge is 2.16. The summed E-state index contributed by atoms with van der Waals surface area (Å²) < 4.78 is 7.60. The molecule has 1 amide bonds. The van der Waals surface area contributed by atoms with Gasteiger partial charge in [0, 0.05) is 16.3 Å². The van der Waals surface area contributed by atoms with Crippen LogP contribution >= 0.6 is 11.6 Å². The first-order valence-corrected chi connectivity index (χ1v) is 9.16. The van der Waals surface area contributed by atoms with E-state index in [1.165, 1.54) is 0 Å². The second-order valence-corrected chi connectivity index (χ2v) is 6.85. The van der Waals surface area contributed by atoms with Gasteiger partial charge in [0.15, 0.2) is 6.61 Å². The predicted molar refractivity (Wildman–Crippen MR) is 111 cm³/mol. The third kappa shape index (κ3) is 4.58. The molecule has 0 saturated heterocycles. The van der Waals surface area contributed by atoms with Crippen LogP contribution in [0.2, 0.25) is 5.02 Å². The van der Waals surface area contributed by atoms with E-state index >= 15 is 0 Å². The minimum Gasteiger partial charge on any atom is -0.483 e. The fraction of sp³-hybridized carbons (Fsp3) is 0.190. The van der Waals surface area contributed by atoms with Crippen LogP contribution in [0.4, 0.5) is 0 Å². The van der Waals surface area contributed by atoms with Crippen molar-refractivity contribution in [3.63, 3.8) is 0 Å². The second-order valence-electron chi connectivity index (χ2n) is 6.44. The lowest BCUT2D eigenvalue weighted by molar-refractivity contribution is -0.123. The molecule has 0 saturated carbocycles. The summed E-state index contributed by atoms with van der Waals surface area (Å²) >= 11 is 6.37. The van der Waals surface area contributed by atoms with Gasteiger partial charge in [-0.2, -0.15) is 10.2 Å². The van der Waals surface area contributed by atoms with Crippen molar-refractivity contribution in [1.82, 2.24) is 15.2 Å². The molecule has 0 unspecified atom stereocenters. The van der Waals surface area contributed by atoms with Gasteiger partial charge in [0.25, 0.3) is 5.91 Å². The third-order valence-electron chi connectivity index (χ3n) is 3.94. The average molecular weight is 397 g/mol. The fourth-order valence-electron chi connectivity index (χ4n) is 2.61. The fourth-order valence-corrected chi connectivity index (χ4v) is 2.77. The number of carbonyl (C=O) groups excluding carboxylic acids is 1. The summed E-state index contributed by atoms with van der Waals surface area (Å²) in [4.78, 5) is 12.0. The van der Waals surface area contributed by atoms with Gasteiger partial charge in [-0.15, -0.1) is 0 Å². The Labute approximate surface area is 168 Å². The smallest absolute Gasteiger partial charge is 0.277 e. The Morgan fingerprint density at radius 3 is 2.68 bits per heavy atom. The lowest BCUT2D eigenvalue weighted by Crippen LogP contribution is -2.25. The molecular formula is C21H21ClN4O2. The molecule has 1 aromatic heterocycles. The Kier molecular flexibility index (Phi) is 6.11. The summed E-state index contributed by atoms with van der Waals surface area (Å²) in [5.41, 5.74) is 6.53. The highest BCUT2D eigenvalue weighted by atomic mass is 35.5. The predicted octanol–water partition coefficient (Wildman–Crippen LogP) is 4.39. The molecule has 2 aromatic carbocycles. The second kappa shape index (κ2) is 8.71. The van der Waals surface area contributed by atoms with E-state index in [4.69, 9.17) is 16.3 Å². The number of halogens is 1. The Morgan fingerprint density at radius 2 is 1.96 bits per heavy atom. The van der Waals surface area contributed by atoms with Gasteiger partial charge in [0.05, 0.1) is 17.6 Å². The Balaban J connectivity index is 1.94. The number of amides is 1. The number of rotatable bonds is 6. The van der Waals surface area contributed by atoms with Crippen molar-refractivity contribution in [3.05, 3.63) is 65.3 Å². The van der Waals surface area contributed by atoms with Crippen LogP contribution in [0.15, 0.2) is 59.8 Å². The zero-order chi connectivity index (χ0) is 20.1. The van der Waals surface area contributed by atoms with Crippen molar-refractivity contribution in [1.29, 1.82) is 0 Å². The highest BCUT2D eigenvalue weighted by Crippen LogP contribution is 2.35. The van der Waals surface area contributed by atoms with Crippen LogP contribution < -0.4 is 10.2 Å². The summed E-state index contributed by atoms with van der Waals surface area (Å²) in [6.07, 6.45) is 1.71. The molecule has 6 nitrogen and oxygen atoms in total. The molecule has 0 atom stereocenters. The number of hydrazone groups is 1. The molecular weight excluding hydrogens is 376 g/mol. The quantitative estimate of drug-likeness (QED) is 0.496. The summed E-state index contributed by atoms with van der Waals surface area (Å²) in [6.45, 7) is 5.32. The number of carbonyl (C=O) groups is 1. The SMILES string of the molecule is CC(C)=NNC(=O)COc1cc(C)c(Cl)cc1-c1ccnn1-c1ccccc1. The maximum atomic E-state index is 12.0. The van der Waals surface area contributed by atoms with Crippen molar-refractivity contribution in [3.8, 4) is 22.7 Å². The van der Waals surface area contributed by atoms with Crippen molar-refractivity contribution in [2.45, 2.75) is 20.8 Å². The highest BCUT2D eigenvalue weighted by molar-refractivity contribution is 6.31. The molecule has 1 N–H and O–H groups in total. The van der Waals surface area contributed by atoms with Crippen LogP contribution in [0.3, 0.4) is 0 Å².